The van der Waals surface area contributed by atoms with Crippen molar-refractivity contribution < 1.29 is 0 Å². The summed E-state index contributed by atoms with van der Waals surface area (Å²) >= 11 is 0. The third kappa shape index (κ3) is 7.13. The van der Waals surface area contributed by atoms with Gasteiger partial charge in [0.05, 0.1) is 80.9 Å². The smallest absolute Gasteiger partial charge is 0.187 e. The molecule has 0 saturated heterocycles. The monoisotopic (exact) mass is 979 g/mol. The molecule has 77 heavy (non-hydrogen) atoms. The topological polar surface area (TPSA) is 96.9 Å². The van der Waals surface area contributed by atoms with Crippen LogP contribution in [0.2, 0.25) is 0 Å². The minimum atomic E-state index is 0.358. The standard InChI is InChI=1S/C68H37N9/c1-71-48-15-11-13-44(33-48)60-39-59(73-68(74-60)45-14-12-16-49(34-45)72-2)42-25-27-43(28-26-42)67-46(40-69)35-52(36-47(67)41-70)77-65-31-29-50(75-61-21-7-3-17-53(61)54-18-4-8-22-62(54)75)37-57(65)58-38-51(30-32-66(58)77)76-63-23-9-5-19-55(63)56-20-6-10-24-64(56)76/h3-39H. The van der Waals surface area contributed by atoms with Gasteiger partial charge in [0, 0.05) is 66.1 Å². The van der Waals surface area contributed by atoms with Crippen LogP contribution in [0.25, 0.3) is 137 Å². The van der Waals surface area contributed by atoms with E-state index in [1.807, 2.05) is 66.7 Å². The number of hydrogen-bond donors (Lipinski definition) is 0. The zero-order valence-electron chi connectivity index (χ0n) is 40.9. The van der Waals surface area contributed by atoms with Gasteiger partial charge in [0.15, 0.2) is 17.2 Å². The molecule has 0 atom stereocenters. The van der Waals surface area contributed by atoms with Gasteiger partial charge in [0.2, 0.25) is 0 Å². The Morgan fingerprint density at radius 3 is 1.21 bits per heavy atom. The fourth-order valence-electron chi connectivity index (χ4n) is 11.3. The van der Waals surface area contributed by atoms with Gasteiger partial charge < -0.3 is 13.7 Å². The van der Waals surface area contributed by atoms with E-state index in [0.717, 1.165) is 66.4 Å². The first kappa shape index (κ1) is 44.3. The van der Waals surface area contributed by atoms with Crippen molar-refractivity contribution in [3.05, 3.63) is 258 Å². The summed E-state index contributed by atoms with van der Waals surface area (Å²) in [6, 6.07) is 80.1. The maximum absolute atomic E-state index is 11.0. The second-order valence-electron chi connectivity index (χ2n) is 19.0. The predicted molar refractivity (Wildman–Crippen MR) is 309 cm³/mol. The van der Waals surface area contributed by atoms with Crippen molar-refractivity contribution in [3.63, 3.8) is 0 Å². The number of para-hydroxylation sites is 4. The lowest BCUT2D eigenvalue weighted by molar-refractivity contribution is 1.16. The van der Waals surface area contributed by atoms with Gasteiger partial charge in [-0.1, -0.05) is 133 Å². The van der Waals surface area contributed by atoms with Crippen molar-refractivity contribution in [1.29, 1.82) is 10.5 Å². The van der Waals surface area contributed by atoms with Crippen molar-refractivity contribution in [2.24, 2.45) is 0 Å². The zero-order valence-corrected chi connectivity index (χ0v) is 40.9. The van der Waals surface area contributed by atoms with Gasteiger partial charge in [-0.2, -0.15) is 10.5 Å². The Balaban J connectivity index is 0.930. The van der Waals surface area contributed by atoms with Crippen LogP contribution in [0.5, 0.6) is 0 Å². The maximum atomic E-state index is 11.0. The molecule has 0 bridgehead atoms. The highest BCUT2D eigenvalue weighted by Crippen LogP contribution is 2.41. The van der Waals surface area contributed by atoms with Crippen LogP contribution in [-0.4, -0.2) is 23.7 Å². The molecule has 0 N–H and O–H groups in total. The maximum Gasteiger partial charge on any atom is 0.187 e. The van der Waals surface area contributed by atoms with Gasteiger partial charge >= 0.3 is 0 Å². The molecule has 14 rings (SSSR count). The second kappa shape index (κ2) is 17.7. The molecule has 0 amide bonds. The summed E-state index contributed by atoms with van der Waals surface area (Å²) in [5.74, 6) is 0.436. The summed E-state index contributed by atoms with van der Waals surface area (Å²) < 4.78 is 6.84. The molecular formula is C68H37N9. The fraction of sp³-hybridized carbons (Fsp3) is 0. The van der Waals surface area contributed by atoms with Crippen LogP contribution >= 0.6 is 0 Å². The average Bonchev–Trinajstić information content (AvgIpc) is 4.29. The van der Waals surface area contributed by atoms with E-state index in [0.29, 0.717) is 62.1 Å². The Bertz CT molecular complexity index is 4600. The van der Waals surface area contributed by atoms with Gasteiger partial charge in [-0.25, -0.2) is 19.7 Å². The van der Waals surface area contributed by atoms with Crippen LogP contribution in [-0.2, 0) is 0 Å². The Labute approximate surface area is 441 Å². The SMILES string of the molecule is [C-]#[N+]c1cccc(-c2cc(-c3ccc(-c4c(C#N)cc(-n5c6ccc(-n7c8ccccc8c8ccccc87)cc6c6cc(-n7c8ccccc8c8ccccc87)ccc65)cc4C#N)cc3)nc(-c3cccc([N+]#[C-])c3)n2)c1. The van der Waals surface area contributed by atoms with Gasteiger partial charge in [-0.15, -0.1) is 0 Å². The van der Waals surface area contributed by atoms with E-state index in [-0.39, 0.29) is 0 Å². The van der Waals surface area contributed by atoms with E-state index in [1.54, 1.807) is 24.3 Å². The van der Waals surface area contributed by atoms with E-state index in [2.05, 4.69) is 169 Å². The molecule has 10 aromatic carbocycles. The van der Waals surface area contributed by atoms with Crippen LogP contribution in [0.15, 0.2) is 224 Å². The van der Waals surface area contributed by atoms with Crippen molar-refractivity contribution in [1.82, 2.24) is 23.7 Å². The molecule has 0 aliphatic heterocycles. The molecule has 354 valence electrons. The van der Waals surface area contributed by atoms with Gasteiger partial charge in [0.25, 0.3) is 0 Å². The van der Waals surface area contributed by atoms with E-state index in [4.69, 9.17) is 23.1 Å². The molecular weight excluding hydrogens is 943 g/mol. The normalized spacial score (nSPS) is 11.3. The number of rotatable bonds is 7. The Morgan fingerprint density at radius 2 is 0.740 bits per heavy atom. The summed E-state index contributed by atoms with van der Waals surface area (Å²) in [5.41, 5.74) is 15.4. The largest absolute Gasteiger partial charge is 0.309 e. The molecule has 9 nitrogen and oxygen atoms in total. The Hall–Kier alpha value is -11.4. The summed E-state index contributed by atoms with van der Waals surface area (Å²) in [7, 11) is 0. The highest BCUT2D eigenvalue weighted by atomic mass is 15.0. The van der Waals surface area contributed by atoms with Crippen LogP contribution in [0.1, 0.15) is 11.1 Å². The molecule has 0 fully saturated rings. The summed E-state index contributed by atoms with van der Waals surface area (Å²) in [5, 5.41) is 28.8. The van der Waals surface area contributed by atoms with Crippen molar-refractivity contribution >= 4 is 76.8 Å². The van der Waals surface area contributed by atoms with Crippen LogP contribution in [0, 0.1) is 35.8 Å². The fourth-order valence-corrected chi connectivity index (χ4v) is 11.3. The summed E-state index contributed by atoms with van der Waals surface area (Å²) in [6.45, 7) is 15.2. The van der Waals surface area contributed by atoms with Crippen LogP contribution < -0.4 is 0 Å². The molecule has 0 aliphatic rings. The van der Waals surface area contributed by atoms with Gasteiger partial charge in [-0.3, -0.25) is 0 Å². The number of aromatic nitrogens is 5. The Morgan fingerprint density at radius 1 is 0.338 bits per heavy atom. The highest BCUT2D eigenvalue weighted by Gasteiger charge is 2.22. The van der Waals surface area contributed by atoms with E-state index < -0.39 is 0 Å². The van der Waals surface area contributed by atoms with Crippen molar-refractivity contribution in [2.75, 3.05) is 0 Å². The van der Waals surface area contributed by atoms with E-state index in [1.165, 1.54) is 21.5 Å². The van der Waals surface area contributed by atoms with E-state index >= 15 is 0 Å². The number of nitriles is 2. The molecule has 0 aliphatic carbocycles. The molecule has 0 unspecified atom stereocenters. The lowest BCUT2D eigenvalue weighted by atomic mass is 9.93. The van der Waals surface area contributed by atoms with Crippen LogP contribution in [0.3, 0.4) is 0 Å². The van der Waals surface area contributed by atoms with Crippen molar-refractivity contribution in [2.45, 2.75) is 0 Å². The number of fused-ring (bicyclic) bond motifs is 9. The number of benzene rings is 10. The quantitative estimate of drug-likeness (QED) is 0.149. The first-order valence-electron chi connectivity index (χ1n) is 25.0. The number of nitrogens with zero attached hydrogens (tertiary/aromatic N) is 9. The first-order valence-corrected chi connectivity index (χ1v) is 25.0. The molecule has 9 heteroatoms. The molecule has 0 saturated carbocycles. The summed E-state index contributed by atoms with van der Waals surface area (Å²) in [4.78, 5) is 17.2. The number of hydrogen-bond acceptors (Lipinski definition) is 4. The molecule has 0 spiro atoms. The minimum absolute atomic E-state index is 0.358. The second-order valence-corrected chi connectivity index (χ2v) is 19.0. The van der Waals surface area contributed by atoms with E-state index in [9.17, 15) is 10.5 Å². The lowest BCUT2D eigenvalue weighted by Gasteiger charge is -2.14. The average molecular weight is 980 g/mol. The third-order valence-corrected chi connectivity index (χ3v) is 14.7. The highest BCUT2D eigenvalue weighted by molar-refractivity contribution is 6.14. The third-order valence-electron chi connectivity index (χ3n) is 14.7. The summed E-state index contributed by atoms with van der Waals surface area (Å²) in [6.07, 6.45) is 0. The zero-order chi connectivity index (χ0) is 51.7. The molecule has 4 aromatic heterocycles. The molecule has 0 radical (unpaired) electrons. The minimum Gasteiger partial charge on any atom is -0.309 e. The van der Waals surface area contributed by atoms with Gasteiger partial charge in [-0.05, 0) is 102 Å². The Kier molecular flexibility index (Phi) is 10.2. The van der Waals surface area contributed by atoms with Crippen molar-refractivity contribution in [3.8, 4) is 74.2 Å². The molecule has 14 aromatic rings. The lowest BCUT2D eigenvalue weighted by Crippen LogP contribution is -2.00. The first-order chi connectivity index (χ1) is 38.0. The van der Waals surface area contributed by atoms with Crippen LogP contribution in [0.4, 0.5) is 11.4 Å². The molecule has 4 heterocycles. The predicted octanol–water partition coefficient (Wildman–Crippen LogP) is 17.3. The van der Waals surface area contributed by atoms with Gasteiger partial charge in [0.1, 0.15) is 0 Å².